The van der Waals surface area contributed by atoms with Crippen molar-refractivity contribution < 1.29 is 0 Å². The van der Waals surface area contributed by atoms with Gasteiger partial charge in [0.05, 0.1) is 6.67 Å². The summed E-state index contributed by atoms with van der Waals surface area (Å²) in [6, 6.07) is 0. The van der Waals surface area contributed by atoms with E-state index in [1.54, 1.807) is 0 Å². The first-order chi connectivity index (χ1) is 7.77. The van der Waals surface area contributed by atoms with Crippen molar-refractivity contribution in [1.29, 1.82) is 0 Å². The van der Waals surface area contributed by atoms with Crippen molar-refractivity contribution in [2.45, 2.75) is 32.6 Å². The van der Waals surface area contributed by atoms with Gasteiger partial charge in [0, 0.05) is 24.9 Å². The van der Waals surface area contributed by atoms with Crippen molar-refractivity contribution in [2.75, 3.05) is 19.8 Å². The third-order valence-electron chi connectivity index (χ3n) is 2.77. The maximum absolute atomic E-state index is 5.37. The SMILES string of the molecule is C=N/C(=C\C(C)=NCN)N1CCCCCC1. The Morgan fingerprint density at radius 2 is 1.94 bits per heavy atom. The Kier molecular flexibility index (Phi) is 5.78. The summed E-state index contributed by atoms with van der Waals surface area (Å²) in [4.78, 5) is 10.5. The Hall–Kier alpha value is -1.16. The molecule has 0 atom stereocenters. The zero-order valence-corrected chi connectivity index (χ0v) is 10.2. The zero-order chi connectivity index (χ0) is 11.8. The third-order valence-corrected chi connectivity index (χ3v) is 2.77. The minimum absolute atomic E-state index is 0.326. The molecule has 0 saturated carbocycles. The molecule has 2 N–H and O–H groups in total. The summed E-state index contributed by atoms with van der Waals surface area (Å²) in [6.45, 7) is 8.04. The Morgan fingerprint density at radius 3 is 2.44 bits per heavy atom. The number of hydrogen-bond acceptors (Lipinski definition) is 4. The van der Waals surface area contributed by atoms with Gasteiger partial charge in [0.25, 0.3) is 0 Å². The molecule has 1 rings (SSSR count). The number of hydrogen-bond donors (Lipinski definition) is 1. The molecule has 90 valence electrons. The van der Waals surface area contributed by atoms with Crippen molar-refractivity contribution in [3.63, 3.8) is 0 Å². The quantitative estimate of drug-likeness (QED) is 0.737. The fourth-order valence-electron chi connectivity index (χ4n) is 1.91. The lowest BCUT2D eigenvalue weighted by Crippen LogP contribution is -2.23. The molecule has 1 fully saturated rings. The summed E-state index contributed by atoms with van der Waals surface area (Å²) in [5.41, 5.74) is 6.28. The summed E-state index contributed by atoms with van der Waals surface area (Å²) in [5.74, 6) is 0.927. The van der Waals surface area contributed by atoms with E-state index in [2.05, 4.69) is 21.6 Å². The lowest BCUT2D eigenvalue weighted by Gasteiger charge is -2.22. The number of allylic oxidation sites excluding steroid dienone is 1. The van der Waals surface area contributed by atoms with Crippen LogP contribution in [0.4, 0.5) is 0 Å². The van der Waals surface area contributed by atoms with Gasteiger partial charge in [-0.25, -0.2) is 4.99 Å². The molecule has 1 heterocycles. The van der Waals surface area contributed by atoms with Crippen molar-refractivity contribution in [1.82, 2.24) is 4.90 Å². The van der Waals surface area contributed by atoms with Gasteiger partial charge in [-0.2, -0.15) is 0 Å². The van der Waals surface area contributed by atoms with E-state index in [4.69, 9.17) is 5.73 Å². The van der Waals surface area contributed by atoms with Crippen LogP contribution in [0.5, 0.6) is 0 Å². The van der Waals surface area contributed by atoms with Gasteiger partial charge in [-0.05, 0) is 26.5 Å². The summed E-state index contributed by atoms with van der Waals surface area (Å²) in [6.07, 6.45) is 7.07. The van der Waals surface area contributed by atoms with Gasteiger partial charge < -0.3 is 10.6 Å². The van der Waals surface area contributed by atoms with Crippen LogP contribution < -0.4 is 5.73 Å². The zero-order valence-electron chi connectivity index (χ0n) is 10.2. The predicted octanol–water partition coefficient (Wildman–Crippen LogP) is 1.78. The van der Waals surface area contributed by atoms with Crippen LogP contribution in [-0.2, 0) is 0 Å². The van der Waals surface area contributed by atoms with E-state index in [0.717, 1.165) is 24.6 Å². The number of nitrogens with zero attached hydrogens (tertiary/aromatic N) is 3. The van der Waals surface area contributed by atoms with Gasteiger partial charge in [-0.15, -0.1) is 0 Å². The molecule has 16 heavy (non-hydrogen) atoms. The van der Waals surface area contributed by atoms with Crippen LogP contribution in [0.25, 0.3) is 0 Å². The van der Waals surface area contributed by atoms with Gasteiger partial charge in [-0.3, -0.25) is 4.99 Å². The lowest BCUT2D eigenvalue weighted by molar-refractivity contribution is 0.356. The van der Waals surface area contributed by atoms with E-state index in [1.165, 1.54) is 25.7 Å². The van der Waals surface area contributed by atoms with Gasteiger partial charge >= 0.3 is 0 Å². The van der Waals surface area contributed by atoms with Crippen LogP contribution in [0.2, 0.25) is 0 Å². The largest absolute Gasteiger partial charge is 0.357 e. The lowest BCUT2D eigenvalue weighted by atomic mass is 10.2. The topological polar surface area (TPSA) is 54.0 Å². The van der Waals surface area contributed by atoms with Gasteiger partial charge in [0.1, 0.15) is 5.82 Å². The summed E-state index contributed by atoms with van der Waals surface area (Å²) in [7, 11) is 0. The molecule has 1 aliphatic heterocycles. The van der Waals surface area contributed by atoms with Crippen molar-refractivity contribution in [3.8, 4) is 0 Å². The second-order valence-electron chi connectivity index (χ2n) is 4.04. The van der Waals surface area contributed by atoms with E-state index in [1.807, 2.05) is 13.0 Å². The molecule has 0 amide bonds. The molecule has 4 heteroatoms. The first-order valence-corrected chi connectivity index (χ1v) is 5.92. The summed E-state index contributed by atoms with van der Waals surface area (Å²) < 4.78 is 0. The maximum atomic E-state index is 5.37. The highest BCUT2D eigenvalue weighted by Gasteiger charge is 2.11. The second kappa shape index (κ2) is 7.17. The number of likely N-dealkylation sites (tertiary alicyclic amines) is 1. The molecule has 0 bridgehead atoms. The van der Waals surface area contributed by atoms with Crippen LogP contribution in [0.1, 0.15) is 32.6 Å². The molecular formula is C12H22N4. The fraction of sp³-hybridized carbons (Fsp3) is 0.667. The predicted molar refractivity (Wildman–Crippen MR) is 69.8 cm³/mol. The van der Waals surface area contributed by atoms with Crippen LogP contribution in [-0.4, -0.2) is 37.1 Å². The van der Waals surface area contributed by atoms with Gasteiger partial charge in [0.15, 0.2) is 0 Å². The molecule has 0 aromatic heterocycles. The number of aliphatic imine (C=N–C) groups is 2. The molecule has 0 radical (unpaired) electrons. The van der Waals surface area contributed by atoms with Crippen molar-refractivity contribution in [3.05, 3.63) is 11.9 Å². The molecule has 0 unspecified atom stereocenters. The van der Waals surface area contributed by atoms with Crippen LogP contribution in [0.15, 0.2) is 21.9 Å². The van der Waals surface area contributed by atoms with Crippen LogP contribution in [0.3, 0.4) is 0 Å². The highest BCUT2D eigenvalue weighted by atomic mass is 15.2. The first-order valence-electron chi connectivity index (χ1n) is 5.92. The second-order valence-corrected chi connectivity index (χ2v) is 4.04. The Bertz CT molecular complexity index is 273. The van der Waals surface area contributed by atoms with E-state index in [-0.39, 0.29) is 0 Å². The van der Waals surface area contributed by atoms with Gasteiger partial charge in [-0.1, -0.05) is 12.8 Å². The Labute approximate surface area is 97.9 Å². The van der Waals surface area contributed by atoms with E-state index >= 15 is 0 Å². The normalized spacial score (nSPS) is 19.5. The highest BCUT2D eigenvalue weighted by molar-refractivity contribution is 5.93. The first kappa shape index (κ1) is 12.9. The van der Waals surface area contributed by atoms with Crippen LogP contribution >= 0.6 is 0 Å². The molecule has 0 aromatic carbocycles. The minimum Gasteiger partial charge on any atom is -0.357 e. The molecular weight excluding hydrogens is 200 g/mol. The summed E-state index contributed by atoms with van der Waals surface area (Å²) >= 11 is 0. The average molecular weight is 222 g/mol. The Balaban J connectivity index is 2.71. The van der Waals surface area contributed by atoms with Gasteiger partial charge in [0.2, 0.25) is 0 Å². The Morgan fingerprint density at radius 1 is 1.31 bits per heavy atom. The average Bonchev–Trinajstić information content (AvgIpc) is 2.55. The molecule has 0 aliphatic carbocycles. The minimum atomic E-state index is 0.326. The molecule has 1 aliphatic rings. The highest BCUT2D eigenvalue weighted by Crippen LogP contribution is 2.15. The standard InChI is InChI=1S/C12H22N4/c1-11(15-10-13)9-12(14-2)16-7-5-3-4-6-8-16/h9H,2-8,10,13H2,1H3/b12-9+,15-11?. The summed E-state index contributed by atoms with van der Waals surface area (Å²) in [5, 5.41) is 0. The molecule has 0 aromatic rings. The number of rotatable bonds is 4. The van der Waals surface area contributed by atoms with E-state index in [0.29, 0.717) is 6.67 Å². The van der Waals surface area contributed by atoms with Crippen molar-refractivity contribution >= 4 is 12.4 Å². The smallest absolute Gasteiger partial charge is 0.129 e. The van der Waals surface area contributed by atoms with Crippen LogP contribution in [0, 0.1) is 0 Å². The molecule has 0 spiro atoms. The molecule has 1 saturated heterocycles. The fourth-order valence-corrected chi connectivity index (χ4v) is 1.91. The van der Waals surface area contributed by atoms with E-state index < -0.39 is 0 Å². The third kappa shape index (κ3) is 4.14. The molecule has 4 nitrogen and oxygen atoms in total. The number of nitrogens with two attached hydrogens (primary N) is 1. The van der Waals surface area contributed by atoms with Crippen molar-refractivity contribution in [2.24, 2.45) is 15.7 Å². The van der Waals surface area contributed by atoms with E-state index in [9.17, 15) is 0 Å². The monoisotopic (exact) mass is 222 g/mol. The maximum Gasteiger partial charge on any atom is 0.129 e.